The Morgan fingerprint density at radius 3 is 2.94 bits per heavy atom. The Morgan fingerprint density at radius 2 is 2.33 bits per heavy atom. The van der Waals surface area contributed by atoms with Crippen LogP contribution in [0.15, 0.2) is 32.0 Å². The summed E-state index contributed by atoms with van der Waals surface area (Å²) in [7, 11) is 1.93. The van der Waals surface area contributed by atoms with E-state index in [0.717, 1.165) is 10.3 Å². The van der Waals surface area contributed by atoms with Crippen LogP contribution in [0, 0.1) is 0 Å². The lowest BCUT2D eigenvalue weighted by molar-refractivity contribution is 0.0693. The Bertz CT molecular complexity index is 549. The molecule has 0 aliphatic carbocycles. The zero-order valence-corrected chi connectivity index (χ0v) is 12.1. The maximum absolute atomic E-state index is 10.9. The van der Waals surface area contributed by atoms with Crippen molar-refractivity contribution in [3.63, 3.8) is 0 Å². The molecule has 0 fully saturated rings. The highest BCUT2D eigenvalue weighted by Gasteiger charge is 2.15. The van der Waals surface area contributed by atoms with Gasteiger partial charge in [-0.05, 0) is 46.1 Å². The van der Waals surface area contributed by atoms with E-state index in [2.05, 4.69) is 27.4 Å². The van der Waals surface area contributed by atoms with Crippen molar-refractivity contribution in [3.05, 3.63) is 44.4 Å². The molecule has 96 valence electrons. The van der Waals surface area contributed by atoms with Crippen LogP contribution in [-0.4, -0.2) is 23.0 Å². The average molecular weight is 330 g/mol. The van der Waals surface area contributed by atoms with Gasteiger partial charge in [-0.1, -0.05) is 0 Å². The third kappa shape index (κ3) is 3.22. The second kappa shape index (κ2) is 5.69. The Kier molecular flexibility index (Phi) is 4.21. The van der Waals surface area contributed by atoms with Crippen molar-refractivity contribution in [2.45, 2.75) is 13.1 Å². The fourth-order valence-electron chi connectivity index (χ4n) is 1.70. The zero-order valence-electron chi connectivity index (χ0n) is 9.72. The molecule has 4 nitrogen and oxygen atoms in total. The van der Waals surface area contributed by atoms with Gasteiger partial charge < -0.3 is 9.52 Å². The van der Waals surface area contributed by atoms with E-state index in [-0.39, 0.29) is 5.56 Å². The van der Waals surface area contributed by atoms with Crippen molar-refractivity contribution >= 4 is 33.2 Å². The highest BCUT2D eigenvalue weighted by atomic mass is 79.9. The maximum atomic E-state index is 10.9. The molecule has 0 amide bonds. The van der Waals surface area contributed by atoms with Crippen molar-refractivity contribution in [2.24, 2.45) is 0 Å². The van der Waals surface area contributed by atoms with Crippen molar-refractivity contribution in [1.29, 1.82) is 0 Å². The van der Waals surface area contributed by atoms with Gasteiger partial charge in [0.25, 0.3) is 0 Å². The summed E-state index contributed by atoms with van der Waals surface area (Å²) in [5.74, 6) is -0.468. The molecule has 18 heavy (non-hydrogen) atoms. The number of carboxylic acid groups (broad SMARTS) is 1. The Hall–Kier alpha value is -1.11. The summed E-state index contributed by atoms with van der Waals surface area (Å²) in [4.78, 5) is 13.0. The number of halogens is 1. The number of hydrogen-bond acceptors (Lipinski definition) is 4. The van der Waals surface area contributed by atoms with E-state index in [4.69, 9.17) is 9.52 Å². The monoisotopic (exact) mass is 329 g/mol. The molecule has 0 radical (unpaired) electrons. The molecule has 2 heterocycles. The average Bonchev–Trinajstić information content (AvgIpc) is 2.87. The highest BCUT2D eigenvalue weighted by Crippen LogP contribution is 2.22. The lowest BCUT2D eigenvalue weighted by Gasteiger charge is -2.14. The van der Waals surface area contributed by atoms with Crippen molar-refractivity contribution in [3.8, 4) is 0 Å². The summed E-state index contributed by atoms with van der Waals surface area (Å²) in [6, 6.07) is 3.54. The van der Waals surface area contributed by atoms with E-state index in [1.807, 2.05) is 11.9 Å². The first-order chi connectivity index (χ1) is 8.56. The molecule has 0 aromatic carbocycles. The Morgan fingerprint density at radius 1 is 1.56 bits per heavy atom. The van der Waals surface area contributed by atoms with Gasteiger partial charge in [0.2, 0.25) is 0 Å². The molecular weight excluding hydrogens is 318 g/mol. The summed E-state index contributed by atoms with van der Waals surface area (Å²) >= 11 is 5.05. The van der Waals surface area contributed by atoms with E-state index >= 15 is 0 Å². The van der Waals surface area contributed by atoms with Crippen molar-refractivity contribution in [1.82, 2.24) is 4.90 Å². The fraction of sp³-hybridized carbons (Fsp3) is 0.250. The first kappa shape index (κ1) is 13.3. The van der Waals surface area contributed by atoms with E-state index in [0.29, 0.717) is 12.3 Å². The van der Waals surface area contributed by atoms with Crippen LogP contribution in [0.3, 0.4) is 0 Å². The van der Waals surface area contributed by atoms with E-state index in [1.54, 1.807) is 11.3 Å². The van der Waals surface area contributed by atoms with E-state index in [9.17, 15) is 4.79 Å². The minimum absolute atomic E-state index is 0.230. The number of aromatic carboxylic acids is 1. The molecule has 2 rings (SSSR count). The third-order valence-electron chi connectivity index (χ3n) is 2.46. The van der Waals surface area contributed by atoms with Crippen LogP contribution in [0.4, 0.5) is 0 Å². The molecule has 0 spiro atoms. The lowest BCUT2D eigenvalue weighted by atomic mass is 10.2. The van der Waals surface area contributed by atoms with E-state index < -0.39 is 5.97 Å². The van der Waals surface area contributed by atoms with Crippen LogP contribution in [0.25, 0.3) is 0 Å². The highest BCUT2D eigenvalue weighted by molar-refractivity contribution is 9.11. The summed E-state index contributed by atoms with van der Waals surface area (Å²) in [6.07, 6.45) is 1.41. The fourth-order valence-corrected chi connectivity index (χ4v) is 2.90. The van der Waals surface area contributed by atoms with Crippen LogP contribution < -0.4 is 0 Å². The van der Waals surface area contributed by atoms with Gasteiger partial charge in [0.1, 0.15) is 11.3 Å². The first-order valence-electron chi connectivity index (χ1n) is 5.27. The molecule has 0 saturated heterocycles. The quantitative estimate of drug-likeness (QED) is 0.912. The molecule has 2 aromatic rings. The predicted octanol–water partition coefficient (Wildman–Crippen LogP) is 3.43. The largest absolute Gasteiger partial charge is 0.478 e. The normalized spacial score (nSPS) is 11.1. The number of nitrogens with zero attached hydrogens (tertiary/aromatic N) is 1. The maximum Gasteiger partial charge on any atom is 0.339 e. The van der Waals surface area contributed by atoms with Crippen LogP contribution >= 0.6 is 27.3 Å². The van der Waals surface area contributed by atoms with Crippen LogP contribution in [0.1, 0.15) is 21.7 Å². The number of carbonyl (C=O) groups is 1. The predicted molar refractivity (Wildman–Crippen MR) is 72.9 cm³/mol. The van der Waals surface area contributed by atoms with Gasteiger partial charge in [0.15, 0.2) is 0 Å². The number of carboxylic acids is 1. The van der Waals surface area contributed by atoms with Gasteiger partial charge in [-0.15, -0.1) is 11.3 Å². The number of furan rings is 1. The topological polar surface area (TPSA) is 53.7 Å². The van der Waals surface area contributed by atoms with Crippen LogP contribution in [0.5, 0.6) is 0 Å². The minimum Gasteiger partial charge on any atom is -0.478 e. The number of thiophene rings is 1. The van der Waals surface area contributed by atoms with Gasteiger partial charge in [-0.3, -0.25) is 4.90 Å². The second-order valence-electron chi connectivity index (χ2n) is 3.99. The Balaban J connectivity index is 2.00. The molecule has 0 bridgehead atoms. The zero-order chi connectivity index (χ0) is 13.1. The molecular formula is C12H12BrNO3S. The number of hydrogen-bond donors (Lipinski definition) is 1. The molecule has 1 N–H and O–H groups in total. The van der Waals surface area contributed by atoms with Gasteiger partial charge in [0.05, 0.1) is 16.6 Å². The molecule has 0 atom stereocenters. The van der Waals surface area contributed by atoms with Crippen molar-refractivity contribution in [2.75, 3.05) is 7.05 Å². The second-order valence-corrected chi connectivity index (χ2v) is 6.28. The van der Waals surface area contributed by atoms with Gasteiger partial charge in [-0.25, -0.2) is 4.79 Å². The van der Waals surface area contributed by atoms with E-state index in [1.165, 1.54) is 17.9 Å². The molecule has 0 aliphatic heterocycles. The SMILES string of the molecule is CN(Cc1csc(Br)c1)Cc1occc1C(=O)O. The molecule has 0 saturated carbocycles. The van der Waals surface area contributed by atoms with Crippen molar-refractivity contribution < 1.29 is 14.3 Å². The smallest absolute Gasteiger partial charge is 0.339 e. The van der Waals surface area contributed by atoms with Crippen LogP contribution in [-0.2, 0) is 13.1 Å². The molecule has 0 aliphatic rings. The Labute approximate surface area is 117 Å². The van der Waals surface area contributed by atoms with Gasteiger partial charge in [0, 0.05) is 6.54 Å². The van der Waals surface area contributed by atoms with Crippen LogP contribution in [0.2, 0.25) is 0 Å². The third-order valence-corrected chi connectivity index (χ3v) is 4.02. The molecule has 0 unspecified atom stereocenters. The van der Waals surface area contributed by atoms with Gasteiger partial charge >= 0.3 is 5.97 Å². The van der Waals surface area contributed by atoms with Gasteiger partial charge in [-0.2, -0.15) is 0 Å². The summed E-state index contributed by atoms with van der Waals surface area (Å²) in [5, 5.41) is 11.0. The summed E-state index contributed by atoms with van der Waals surface area (Å²) in [5.41, 5.74) is 1.42. The summed E-state index contributed by atoms with van der Waals surface area (Å²) < 4.78 is 6.30. The molecule has 6 heteroatoms. The summed E-state index contributed by atoms with van der Waals surface area (Å²) in [6.45, 7) is 1.23. The lowest BCUT2D eigenvalue weighted by Crippen LogP contribution is -2.18. The first-order valence-corrected chi connectivity index (χ1v) is 6.94. The standard InChI is InChI=1S/C12H12BrNO3S/c1-14(5-8-4-11(13)18-7-8)6-10-9(12(15)16)2-3-17-10/h2-4,7H,5-6H2,1H3,(H,15,16). The minimum atomic E-state index is -0.953. The number of rotatable bonds is 5. The molecule has 2 aromatic heterocycles.